The van der Waals surface area contributed by atoms with Gasteiger partial charge < -0.3 is 19.8 Å². The molecule has 4 rings (SSSR count). The van der Waals surface area contributed by atoms with E-state index in [0.29, 0.717) is 30.3 Å². The van der Waals surface area contributed by atoms with Gasteiger partial charge >= 0.3 is 0 Å². The highest BCUT2D eigenvalue weighted by molar-refractivity contribution is 5.97. The van der Waals surface area contributed by atoms with E-state index in [9.17, 15) is 15.0 Å². The predicted molar refractivity (Wildman–Crippen MR) is 138 cm³/mol. The van der Waals surface area contributed by atoms with Gasteiger partial charge in [0.05, 0.1) is 11.7 Å². The van der Waals surface area contributed by atoms with Gasteiger partial charge in [-0.15, -0.1) is 0 Å². The van der Waals surface area contributed by atoms with E-state index in [1.54, 1.807) is 0 Å². The summed E-state index contributed by atoms with van der Waals surface area (Å²) in [4.78, 5) is 17.5. The third-order valence-electron chi connectivity index (χ3n) is 7.52. The van der Waals surface area contributed by atoms with Crippen molar-refractivity contribution in [3.05, 3.63) is 65.2 Å². The number of benzene rings is 2. The molecule has 1 amide bonds. The van der Waals surface area contributed by atoms with E-state index in [1.807, 2.05) is 36.2 Å². The summed E-state index contributed by atoms with van der Waals surface area (Å²) in [5, 5.41) is 21.3. The van der Waals surface area contributed by atoms with Crippen molar-refractivity contribution in [2.45, 2.75) is 76.2 Å². The molecule has 1 heterocycles. The molecule has 6 heteroatoms. The zero-order chi connectivity index (χ0) is 24.6. The fourth-order valence-electron chi connectivity index (χ4n) is 4.98. The molecule has 0 saturated heterocycles. The number of rotatable bonds is 4. The Hall–Kier alpha value is -2.41. The van der Waals surface area contributed by atoms with Crippen LogP contribution in [-0.4, -0.2) is 70.9 Å². The van der Waals surface area contributed by atoms with Crippen molar-refractivity contribution in [3.8, 4) is 5.75 Å². The molecule has 2 N–H and O–H groups in total. The maximum absolute atomic E-state index is 13.3. The Morgan fingerprint density at radius 2 is 1.74 bits per heavy atom. The number of carbonyl (C=O) groups excluding carboxylic acids is 1. The molecular formula is C29H40N2O4. The van der Waals surface area contributed by atoms with Crippen LogP contribution in [-0.2, 0) is 13.0 Å². The predicted octanol–water partition coefficient (Wildman–Crippen LogP) is 4.03. The molecule has 2 atom stereocenters. The Balaban J connectivity index is 1.48. The van der Waals surface area contributed by atoms with Crippen molar-refractivity contribution >= 4 is 5.91 Å². The third-order valence-corrected chi connectivity index (χ3v) is 7.52. The molecule has 6 nitrogen and oxygen atoms in total. The number of carbonyl (C=O) groups is 1. The van der Waals surface area contributed by atoms with Gasteiger partial charge in [0, 0.05) is 26.2 Å². The Morgan fingerprint density at radius 3 is 2.49 bits per heavy atom. The zero-order valence-electron chi connectivity index (χ0n) is 20.9. The summed E-state index contributed by atoms with van der Waals surface area (Å²) in [7, 11) is 1.87. The van der Waals surface area contributed by atoms with Crippen LogP contribution in [0.15, 0.2) is 48.5 Å². The summed E-state index contributed by atoms with van der Waals surface area (Å²) in [6.45, 7) is 2.46. The molecule has 1 fully saturated rings. The topological polar surface area (TPSA) is 73.2 Å². The number of para-hydroxylation sites is 1. The molecule has 35 heavy (non-hydrogen) atoms. The number of hydrogen-bond acceptors (Lipinski definition) is 5. The van der Waals surface area contributed by atoms with Crippen molar-refractivity contribution in [1.82, 2.24) is 9.80 Å². The lowest BCUT2D eigenvalue weighted by Gasteiger charge is -2.35. The molecule has 1 aliphatic carbocycles. The lowest BCUT2D eigenvalue weighted by molar-refractivity contribution is -0.0165. The van der Waals surface area contributed by atoms with Crippen molar-refractivity contribution in [3.63, 3.8) is 0 Å². The van der Waals surface area contributed by atoms with E-state index in [2.05, 4.69) is 29.2 Å². The molecule has 2 aromatic rings. The summed E-state index contributed by atoms with van der Waals surface area (Å²) < 4.78 is 6.10. The van der Waals surface area contributed by atoms with Crippen molar-refractivity contribution in [2.75, 3.05) is 26.7 Å². The molecule has 0 unspecified atom stereocenters. The number of ether oxygens (including phenoxy) is 1. The van der Waals surface area contributed by atoms with Gasteiger partial charge in [-0.1, -0.05) is 48.9 Å². The molecular weight excluding hydrogens is 440 g/mol. The maximum Gasteiger partial charge on any atom is 0.257 e. The SMILES string of the molecule is CN(C(=O)c1cccc2c1OC[C@@H](O)[C@@H](O)CCN(Cc1ccccc1)CCCCC2)C1CCC1. The Labute approximate surface area is 209 Å². The highest BCUT2D eigenvalue weighted by Gasteiger charge is 2.29. The van der Waals surface area contributed by atoms with Gasteiger partial charge in [-0.25, -0.2) is 0 Å². The zero-order valence-corrected chi connectivity index (χ0v) is 20.9. The van der Waals surface area contributed by atoms with Crippen LogP contribution in [0.4, 0.5) is 0 Å². The summed E-state index contributed by atoms with van der Waals surface area (Å²) in [5.74, 6) is 0.539. The van der Waals surface area contributed by atoms with Crippen LogP contribution in [0.5, 0.6) is 5.75 Å². The van der Waals surface area contributed by atoms with E-state index in [-0.39, 0.29) is 12.5 Å². The number of amides is 1. The molecule has 2 aliphatic rings. The Kier molecular flexibility index (Phi) is 9.18. The standard InChI is InChI=1S/C29H40N2O4/c1-30(24-14-9-15-24)29(34)25-16-8-13-23-12-6-3-7-18-31(20-22-10-4-2-5-11-22)19-17-26(32)27(33)21-35-28(23)25/h2,4-5,8,10-11,13,16,24,26-27,32-33H,3,6-7,9,12,14-15,17-21H2,1H3/t26-,27+/m0/s1. The molecule has 2 aromatic carbocycles. The smallest absolute Gasteiger partial charge is 0.257 e. The van der Waals surface area contributed by atoms with Crippen LogP contribution >= 0.6 is 0 Å². The Bertz CT molecular complexity index is 947. The number of hydrogen-bond donors (Lipinski definition) is 2. The molecule has 0 aromatic heterocycles. The molecule has 0 spiro atoms. The summed E-state index contributed by atoms with van der Waals surface area (Å²) in [6.07, 6.45) is 5.79. The molecule has 190 valence electrons. The van der Waals surface area contributed by atoms with Gasteiger partial charge in [-0.2, -0.15) is 0 Å². The van der Waals surface area contributed by atoms with E-state index < -0.39 is 12.2 Å². The largest absolute Gasteiger partial charge is 0.490 e. The highest BCUT2D eigenvalue weighted by atomic mass is 16.5. The minimum absolute atomic E-state index is 0.0285. The van der Waals surface area contributed by atoms with E-state index >= 15 is 0 Å². The van der Waals surface area contributed by atoms with Crippen LogP contribution in [0.25, 0.3) is 0 Å². The lowest BCUT2D eigenvalue weighted by atomic mass is 9.91. The number of aryl methyl sites for hydroxylation is 1. The number of fused-ring (bicyclic) bond motifs is 1. The second-order valence-electron chi connectivity index (χ2n) is 10.1. The monoisotopic (exact) mass is 480 g/mol. The number of nitrogens with zero attached hydrogens (tertiary/aromatic N) is 2. The van der Waals surface area contributed by atoms with Crippen LogP contribution in [0.3, 0.4) is 0 Å². The molecule has 0 radical (unpaired) electrons. The van der Waals surface area contributed by atoms with Crippen LogP contribution < -0.4 is 4.74 Å². The normalized spacial score (nSPS) is 22.8. The van der Waals surface area contributed by atoms with E-state index in [1.165, 1.54) is 12.0 Å². The first-order chi connectivity index (χ1) is 17.0. The average molecular weight is 481 g/mol. The second kappa shape index (κ2) is 12.5. The third kappa shape index (κ3) is 6.84. The molecule has 0 bridgehead atoms. The van der Waals surface area contributed by atoms with Gasteiger partial charge in [0.25, 0.3) is 5.91 Å². The summed E-state index contributed by atoms with van der Waals surface area (Å²) in [6, 6.07) is 16.4. The summed E-state index contributed by atoms with van der Waals surface area (Å²) in [5.41, 5.74) is 2.81. The van der Waals surface area contributed by atoms with Gasteiger partial charge in [0.1, 0.15) is 18.5 Å². The quantitative estimate of drug-likeness (QED) is 0.691. The summed E-state index contributed by atoms with van der Waals surface area (Å²) >= 11 is 0. The van der Waals surface area contributed by atoms with E-state index in [0.717, 1.165) is 57.2 Å². The number of aliphatic hydroxyl groups excluding tert-OH is 2. The average Bonchev–Trinajstić information content (AvgIpc) is 2.84. The van der Waals surface area contributed by atoms with Crippen molar-refractivity contribution in [1.29, 1.82) is 0 Å². The first-order valence-electron chi connectivity index (χ1n) is 13.2. The fourth-order valence-corrected chi connectivity index (χ4v) is 4.98. The second-order valence-corrected chi connectivity index (χ2v) is 10.1. The fraction of sp³-hybridized carbons (Fsp3) is 0.552. The lowest BCUT2D eigenvalue weighted by Crippen LogP contribution is -2.41. The Morgan fingerprint density at radius 1 is 0.943 bits per heavy atom. The van der Waals surface area contributed by atoms with Crippen LogP contribution in [0.2, 0.25) is 0 Å². The van der Waals surface area contributed by atoms with Gasteiger partial charge in [0.2, 0.25) is 0 Å². The maximum atomic E-state index is 13.3. The van der Waals surface area contributed by atoms with Crippen molar-refractivity contribution in [2.24, 2.45) is 0 Å². The first-order valence-corrected chi connectivity index (χ1v) is 13.2. The van der Waals surface area contributed by atoms with Gasteiger partial charge in [0.15, 0.2) is 0 Å². The number of aliphatic hydroxyl groups is 2. The first kappa shape index (κ1) is 25.7. The van der Waals surface area contributed by atoms with Crippen LogP contribution in [0.1, 0.15) is 66.4 Å². The van der Waals surface area contributed by atoms with Gasteiger partial charge in [-0.05, 0) is 68.7 Å². The van der Waals surface area contributed by atoms with E-state index in [4.69, 9.17) is 4.74 Å². The minimum Gasteiger partial charge on any atom is -0.490 e. The van der Waals surface area contributed by atoms with Crippen LogP contribution in [0, 0.1) is 0 Å². The molecule has 1 aliphatic heterocycles. The van der Waals surface area contributed by atoms with Crippen molar-refractivity contribution < 1.29 is 19.7 Å². The van der Waals surface area contributed by atoms with Gasteiger partial charge in [-0.3, -0.25) is 9.69 Å². The molecule has 1 saturated carbocycles. The minimum atomic E-state index is -1.02. The highest BCUT2D eigenvalue weighted by Crippen LogP contribution is 2.31.